The van der Waals surface area contributed by atoms with Gasteiger partial charge >= 0.3 is 6.09 Å². The summed E-state index contributed by atoms with van der Waals surface area (Å²) in [5, 5.41) is 3.34. The average Bonchev–Trinajstić information content (AvgIpc) is 2.34. The van der Waals surface area contributed by atoms with Gasteiger partial charge in [-0.25, -0.2) is 4.79 Å². The first kappa shape index (κ1) is 19.5. The highest BCUT2D eigenvalue weighted by Crippen LogP contribution is 2.09. The quantitative estimate of drug-likeness (QED) is 0.627. The number of hydrogen-bond donors (Lipinski definition) is 1. The molecule has 0 saturated carbocycles. The Labute approximate surface area is 127 Å². The fourth-order valence-corrected chi connectivity index (χ4v) is 1.94. The largest absolute Gasteiger partial charge is 0.444 e. The van der Waals surface area contributed by atoms with E-state index < -0.39 is 5.60 Å². The summed E-state index contributed by atoms with van der Waals surface area (Å²) in [6.07, 6.45) is 2.97. The number of carbonyl (C=O) groups is 1. The maximum absolute atomic E-state index is 12.0. The summed E-state index contributed by atoms with van der Waals surface area (Å²) in [7, 11) is 1.63. The average molecular weight is 306 g/mol. The van der Waals surface area contributed by atoms with Crippen LogP contribution < -0.4 is 5.32 Å². The van der Waals surface area contributed by atoms with Gasteiger partial charge in [0.15, 0.2) is 0 Å². The molecule has 1 N–H and O–H groups in total. The molecule has 20 heavy (non-hydrogen) atoms. The van der Waals surface area contributed by atoms with Crippen molar-refractivity contribution >= 4 is 17.9 Å². The Kier molecular flexibility index (Phi) is 11.0. The number of nitrogens with zero attached hydrogens (tertiary/aromatic N) is 1. The molecule has 0 spiro atoms. The maximum atomic E-state index is 12.0. The van der Waals surface area contributed by atoms with Crippen LogP contribution in [-0.2, 0) is 9.47 Å². The van der Waals surface area contributed by atoms with Gasteiger partial charge in [0.1, 0.15) is 5.60 Å². The van der Waals surface area contributed by atoms with E-state index in [1.54, 1.807) is 12.0 Å². The molecule has 5 nitrogen and oxygen atoms in total. The summed E-state index contributed by atoms with van der Waals surface area (Å²) in [5.41, 5.74) is -0.464. The van der Waals surface area contributed by atoms with Crippen molar-refractivity contribution in [2.45, 2.75) is 32.8 Å². The molecule has 0 saturated heterocycles. The monoisotopic (exact) mass is 306 g/mol. The lowest BCUT2D eigenvalue weighted by atomic mass is 10.2. The third-order valence-corrected chi connectivity index (χ3v) is 3.17. The van der Waals surface area contributed by atoms with Gasteiger partial charge in [0.2, 0.25) is 0 Å². The number of amides is 1. The molecule has 0 radical (unpaired) electrons. The molecule has 0 aromatic rings. The first-order valence-electron chi connectivity index (χ1n) is 7.07. The Morgan fingerprint density at radius 1 is 1.25 bits per heavy atom. The number of carbonyl (C=O) groups excluding carboxylic acids is 1. The third kappa shape index (κ3) is 11.4. The molecule has 0 bridgehead atoms. The Hall–Kier alpha value is -0.460. The highest BCUT2D eigenvalue weighted by Gasteiger charge is 2.21. The van der Waals surface area contributed by atoms with Crippen LogP contribution in [0.5, 0.6) is 0 Å². The zero-order valence-electron chi connectivity index (χ0n) is 13.5. The van der Waals surface area contributed by atoms with Gasteiger partial charge in [0.25, 0.3) is 0 Å². The van der Waals surface area contributed by atoms with Gasteiger partial charge < -0.3 is 19.7 Å². The van der Waals surface area contributed by atoms with Gasteiger partial charge in [-0.3, -0.25) is 0 Å². The first-order chi connectivity index (χ1) is 9.40. The second-order valence-corrected chi connectivity index (χ2v) is 6.54. The van der Waals surface area contributed by atoms with E-state index in [2.05, 4.69) is 11.6 Å². The SMILES string of the molecule is COCCN(CCNCCCSC)C(=O)OC(C)(C)C. The number of methoxy groups -OCH3 is 1. The van der Waals surface area contributed by atoms with Crippen LogP contribution >= 0.6 is 11.8 Å². The van der Waals surface area contributed by atoms with Crippen LogP contribution in [0.15, 0.2) is 0 Å². The van der Waals surface area contributed by atoms with Crippen LogP contribution in [0.4, 0.5) is 4.79 Å². The normalized spacial score (nSPS) is 11.4. The van der Waals surface area contributed by atoms with Crippen molar-refractivity contribution in [1.82, 2.24) is 10.2 Å². The maximum Gasteiger partial charge on any atom is 0.410 e. The Bertz CT molecular complexity index is 257. The molecule has 1 amide bonds. The van der Waals surface area contributed by atoms with E-state index in [0.717, 1.165) is 25.3 Å². The van der Waals surface area contributed by atoms with Crippen molar-refractivity contribution in [1.29, 1.82) is 0 Å². The van der Waals surface area contributed by atoms with Gasteiger partial charge in [-0.15, -0.1) is 0 Å². The molecule has 0 aliphatic rings. The highest BCUT2D eigenvalue weighted by atomic mass is 32.2. The van der Waals surface area contributed by atoms with Crippen LogP contribution in [0.2, 0.25) is 0 Å². The van der Waals surface area contributed by atoms with E-state index in [1.807, 2.05) is 32.5 Å². The molecule has 0 aliphatic carbocycles. The van der Waals surface area contributed by atoms with Gasteiger partial charge in [-0.1, -0.05) is 0 Å². The van der Waals surface area contributed by atoms with E-state index in [4.69, 9.17) is 9.47 Å². The number of nitrogens with one attached hydrogen (secondary N) is 1. The third-order valence-electron chi connectivity index (χ3n) is 2.48. The summed E-state index contributed by atoms with van der Waals surface area (Å²) in [5.74, 6) is 1.16. The van der Waals surface area contributed by atoms with Crippen molar-refractivity contribution < 1.29 is 14.3 Å². The Morgan fingerprint density at radius 2 is 1.95 bits per heavy atom. The molecule has 0 rings (SSSR count). The first-order valence-corrected chi connectivity index (χ1v) is 8.46. The number of thioether (sulfide) groups is 1. The zero-order chi connectivity index (χ0) is 15.4. The van der Waals surface area contributed by atoms with Gasteiger partial charge in [0, 0.05) is 26.7 Å². The van der Waals surface area contributed by atoms with Gasteiger partial charge in [-0.05, 0) is 45.7 Å². The van der Waals surface area contributed by atoms with Crippen molar-refractivity contribution in [2.24, 2.45) is 0 Å². The van der Waals surface area contributed by atoms with Gasteiger partial charge in [0.05, 0.1) is 6.61 Å². The molecular formula is C14H30N2O3S. The van der Waals surface area contributed by atoms with Crippen molar-refractivity contribution in [2.75, 3.05) is 51.9 Å². The summed E-state index contributed by atoms with van der Waals surface area (Å²) >= 11 is 1.85. The molecule has 0 atom stereocenters. The minimum atomic E-state index is -0.464. The molecule has 0 aliphatic heterocycles. The summed E-state index contributed by atoms with van der Waals surface area (Å²) in [6.45, 7) is 9.09. The van der Waals surface area contributed by atoms with E-state index in [9.17, 15) is 4.79 Å². The van der Waals surface area contributed by atoms with Crippen LogP contribution in [-0.4, -0.2) is 68.5 Å². The molecule has 120 valence electrons. The molecule has 0 heterocycles. The Balaban J connectivity index is 4.04. The van der Waals surface area contributed by atoms with Gasteiger partial charge in [-0.2, -0.15) is 11.8 Å². The van der Waals surface area contributed by atoms with E-state index in [-0.39, 0.29) is 6.09 Å². The summed E-state index contributed by atoms with van der Waals surface area (Å²) < 4.78 is 10.4. The summed E-state index contributed by atoms with van der Waals surface area (Å²) in [6, 6.07) is 0. The van der Waals surface area contributed by atoms with E-state index in [1.165, 1.54) is 0 Å². The van der Waals surface area contributed by atoms with E-state index in [0.29, 0.717) is 19.7 Å². The van der Waals surface area contributed by atoms with Crippen molar-refractivity contribution in [3.05, 3.63) is 0 Å². The second kappa shape index (κ2) is 11.2. The number of ether oxygens (including phenoxy) is 2. The molecular weight excluding hydrogens is 276 g/mol. The van der Waals surface area contributed by atoms with Crippen LogP contribution in [0, 0.1) is 0 Å². The minimum absolute atomic E-state index is 0.277. The van der Waals surface area contributed by atoms with Crippen LogP contribution in [0.25, 0.3) is 0 Å². The fourth-order valence-electron chi connectivity index (χ4n) is 1.50. The smallest absolute Gasteiger partial charge is 0.410 e. The molecule has 0 aromatic carbocycles. The lowest BCUT2D eigenvalue weighted by Gasteiger charge is -2.27. The molecule has 0 fully saturated rings. The lowest BCUT2D eigenvalue weighted by molar-refractivity contribution is 0.0204. The minimum Gasteiger partial charge on any atom is -0.444 e. The van der Waals surface area contributed by atoms with E-state index >= 15 is 0 Å². The predicted octanol–water partition coefficient (Wildman–Crippen LogP) is 2.21. The number of rotatable bonds is 10. The molecule has 0 aromatic heterocycles. The van der Waals surface area contributed by atoms with Crippen molar-refractivity contribution in [3.8, 4) is 0 Å². The summed E-state index contributed by atoms with van der Waals surface area (Å²) in [4.78, 5) is 13.7. The molecule has 0 unspecified atom stereocenters. The molecule has 6 heteroatoms. The van der Waals surface area contributed by atoms with Crippen molar-refractivity contribution in [3.63, 3.8) is 0 Å². The zero-order valence-corrected chi connectivity index (χ0v) is 14.3. The second-order valence-electron chi connectivity index (χ2n) is 5.56. The lowest BCUT2D eigenvalue weighted by Crippen LogP contribution is -2.42. The highest BCUT2D eigenvalue weighted by molar-refractivity contribution is 7.98. The van der Waals surface area contributed by atoms with Crippen LogP contribution in [0.1, 0.15) is 27.2 Å². The predicted molar refractivity (Wildman–Crippen MR) is 85.6 cm³/mol. The Morgan fingerprint density at radius 3 is 2.50 bits per heavy atom. The fraction of sp³-hybridized carbons (Fsp3) is 0.929. The standard InChI is InChI=1S/C14H30N2O3S/c1-14(2,3)19-13(17)16(10-11-18-4)9-8-15-7-6-12-20-5/h15H,6-12H2,1-5H3. The van der Waals surface area contributed by atoms with Crippen LogP contribution in [0.3, 0.4) is 0 Å². The topological polar surface area (TPSA) is 50.8 Å². The number of hydrogen-bond acceptors (Lipinski definition) is 5.